The monoisotopic (exact) mass is 241 g/mol. The van der Waals surface area contributed by atoms with Gasteiger partial charge in [0.15, 0.2) is 0 Å². The molecule has 0 unspecified atom stereocenters. The van der Waals surface area contributed by atoms with Gasteiger partial charge in [-0.15, -0.1) is 0 Å². The maximum atomic E-state index is 9.82. The summed E-state index contributed by atoms with van der Waals surface area (Å²) in [7, 11) is 0. The third-order valence-electron chi connectivity index (χ3n) is 3.19. The Hall–Kier alpha value is -1.94. The fraction of sp³-hybridized carbons (Fsp3) is 0.286. The normalized spacial score (nSPS) is 14.7. The molecule has 0 atom stereocenters. The molecule has 1 aromatic carbocycles. The highest BCUT2D eigenvalue weighted by molar-refractivity contribution is 5.33. The summed E-state index contributed by atoms with van der Waals surface area (Å²) in [6, 6.07) is 10.3. The van der Waals surface area contributed by atoms with Crippen LogP contribution in [0.1, 0.15) is 22.6 Å². The summed E-state index contributed by atoms with van der Waals surface area (Å²) in [6.07, 6.45) is 0. The van der Waals surface area contributed by atoms with Crippen LogP contribution in [0.2, 0.25) is 0 Å². The second kappa shape index (κ2) is 4.38. The van der Waals surface area contributed by atoms with Crippen LogP contribution < -0.4 is 0 Å². The molecule has 4 nitrogen and oxygen atoms in total. The Labute approximate surface area is 106 Å². The fourth-order valence-electron chi connectivity index (χ4n) is 2.38. The van der Waals surface area contributed by atoms with Crippen molar-refractivity contribution in [1.29, 1.82) is 0 Å². The van der Waals surface area contributed by atoms with Gasteiger partial charge in [0.1, 0.15) is 5.82 Å². The van der Waals surface area contributed by atoms with Crippen LogP contribution in [0.5, 0.6) is 5.88 Å². The lowest BCUT2D eigenvalue weighted by Gasteiger charge is -2.13. The van der Waals surface area contributed by atoms with Crippen molar-refractivity contribution >= 4 is 0 Å². The number of hydrogen-bond donors (Lipinski definition) is 1. The Bertz CT molecular complexity index is 569. The SMILES string of the molecule is Cc1nc(O)c2c(n1)CN(Cc1ccccc1)C2. The first-order valence-electron chi connectivity index (χ1n) is 6.04. The van der Waals surface area contributed by atoms with Crippen LogP contribution in [-0.2, 0) is 19.6 Å². The van der Waals surface area contributed by atoms with Crippen molar-refractivity contribution in [3.63, 3.8) is 0 Å². The average molecular weight is 241 g/mol. The smallest absolute Gasteiger partial charge is 0.219 e. The molecule has 0 saturated carbocycles. The summed E-state index contributed by atoms with van der Waals surface area (Å²) in [6.45, 7) is 4.17. The molecule has 0 spiro atoms. The van der Waals surface area contributed by atoms with Crippen molar-refractivity contribution in [3.05, 3.63) is 53.0 Å². The van der Waals surface area contributed by atoms with Crippen LogP contribution in [0.4, 0.5) is 0 Å². The third kappa shape index (κ3) is 2.07. The number of benzene rings is 1. The highest BCUT2D eigenvalue weighted by atomic mass is 16.3. The molecule has 0 aliphatic carbocycles. The molecule has 0 radical (unpaired) electrons. The van der Waals surface area contributed by atoms with Crippen LogP contribution in [0, 0.1) is 6.92 Å². The quantitative estimate of drug-likeness (QED) is 0.873. The van der Waals surface area contributed by atoms with Crippen molar-refractivity contribution < 1.29 is 5.11 Å². The molecular weight excluding hydrogens is 226 g/mol. The van der Waals surface area contributed by atoms with Crippen molar-refractivity contribution in [1.82, 2.24) is 14.9 Å². The Morgan fingerprint density at radius 3 is 2.72 bits per heavy atom. The molecule has 92 valence electrons. The lowest BCUT2D eigenvalue weighted by Crippen LogP contribution is -2.15. The van der Waals surface area contributed by atoms with E-state index in [1.54, 1.807) is 6.92 Å². The molecule has 1 aliphatic rings. The van der Waals surface area contributed by atoms with Gasteiger partial charge in [-0.2, -0.15) is 4.98 Å². The van der Waals surface area contributed by atoms with Crippen molar-refractivity contribution in [2.24, 2.45) is 0 Å². The summed E-state index contributed by atoms with van der Waals surface area (Å²) < 4.78 is 0. The summed E-state index contributed by atoms with van der Waals surface area (Å²) in [5, 5.41) is 9.82. The molecule has 2 aromatic rings. The standard InChI is InChI=1S/C14H15N3O/c1-10-15-13-9-17(8-12(13)14(18)16-10)7-11-5-3-2-4-6-11/h2-6H,7-9H2,1H3,(H,15,16,18). The molecule has 1 N–H and O–H groups in total. The Morgan fingerprint density at radius 2 is 1.94 bits per heavy atom. The second-order valence-electron chi connectivity index (χ2n) is 4.65. The maximum Gasteiger partial charge on any atom is 0.219 e. The van der Waals surface area contributed by atoms with Gasteiger partial charge in [0, 0.05) is 19.6 Å². The number of hydrogen-bond acceptors (Lipinski definition) is 4. The minimum Gasteiger partial charge on any atom is -0.493 e. The highest BCUT2D eigenvalue weighted by Crippen LogP contribution is 2.28. The van der Waals surface area contributed by atoms with Gasteiger partial charge in [0.2, 0.25) is 5.88 Å². The van der Waals surface area contributed by atoms with Gasteiger partial charge in [-0.1, -0.05) is 30.3 Å². The van der Waals surface area contributed by atoms with Gasteiger partial charge in [-0.25, -0.2) is 4.98 Å². The van der Waals surface area contributed by atoms with Gasteiger partial charge in [0.05, 0.1) is 11.3 Å². The number of aryl methyl sites for hydroxylation is 1. The van der Waals surface area contributed by atoms with Gasteiger partial charge in [0.25, 0.3) is 0 Å². The van der Waals surface area contributed by atoms with E-state index in [0.29, 0.717) is 5.82 Å². The lowest BCUT2D eigenvalue weighted by molar-refractivity contribution is 0.272. The van der Waals surface area contributed by atoms with E-state index < -0.39 is 0 Å². The zero-order valence-corrected chi connectivity index (χ0v) is 10.3. The van der Waals surface area contributed by atoms with Crippen molar-refractivity contribution in [2.75, 3.05) is 0 Å². The van der Waals surface area contributed by atoms with Crippen molar-refractivity contribution in [2.45, 2.75) is 26.6 Å². The van der Waals surface area contributed by atoms with E-state index in [1.807, 2.05) is 18.2 Å². The third-order valence-corrected chi connectivity index (χ3v) is 3.19. The Morgan fingerprint density at radius 1 is 1.17 bits per heavy atom. The van der Waals surface area contributed by atoms with E-state index in [0.717, 1.165) is 30.9 Å². The molecule has 3 rings (SSSR count). The number of aromatic nitrogens is 2. The van der Waals surface area contributed by atoms with E-state index in [2.05, 4.69) is 27.0 Å². The fourth-order valence-corrected chi connectivity index (χ4v) is 2.38. The first-order chi connectivity index (χ1) is 8.72. The van der Waals surface area contributed by atoms with E-state index >= 15 is 0 Å². The van der Waals surface area contributed by atoms with Gasteiger partial charge >= 0.3 is 0 Å². The molecule has 0 fully saturated rings. The molecule has 0 bridgehead atoms. The zero-order valence-electron chi connectivity index (χ0n) is 10.3. The predicted octanol–water partition coefficient (Wildman–Crippen LogP) is 2.01. The van der Waals surface area contributed by atoms with E-state index in [9.17, 15) is 5.11 Å². The van der Waals surface area contributed by atoms with Gasteiger partial charge < -0.3 is 5.11 Å². The number of fused-ring (bicyclic) bond motifs is 1. The highest BCUT2D eigenvalue weighted by Gasteiger charge is 2.24. The summed E-state index contributed by atoms with van der Waals surface area (Å²) in [5.74, 6) is 0.765. The van der Waals surface area contributed by atoms with Crippen LogP contribution in [0.3, 0.4) is 0 Å². The molecule has 18 heavy (non-hydrogen) atoms. The summed E-state index contributed by atoms with van der Waals surface area (Å²) >= 11 is 0. The van der Waals surface area contributed by atoms with Crippen LogP contribution >= 0.6 is 0 Å². The van der Waals surface area contributed by atoms with Crippen LogP contribution in [0.15, 0.2) is 30.3 Å². The number of aromatic hydroxyl groups is 1. The minimum atomic E-state index is 0.132. The molecule has 4 heteroatoms. The molecule has 1 aromatic heterocycles. The first-order valence-corrected chi connectivity index (χ1v) is 6.04. The maximum absolute atomic E-state index is 9.82. The largest absolute Gasteiger partial charge is 0.493 e. The average Bonchev–Trinajstić information content (AvgIpc) is 2.73. The number of rotatable bonds is 2. The van der Waals surface area contributed by atoms with Gasteiger partial charge in [-0.05, 0) is 12.5 Å². The lowest BCUT2D eigenvalue weighted by atomic mass is 10.2. The van der Waals surface area contributed by atoms with Gasteiger partial charge in [-0.3, -0.25) is 4.90 Å². The van der Waals surface area contributed by atoms with Crippen LogP contribution in [-0.4, -0.2) is 20.0 Å². The minimum absolute atomic E-state index is 0.132. The summed E-state index contributed by atoms with van der Waals surface area (Å²) in [4.78, 5) is 10.7. The summed E-state index contributed by atoms with van der Waals surface area (Å²) in [5.41, 5.74) is 3.10. The second-order valence-corrected chi connectivity index (χ2v) is 4.65. The van der Waals surface area contributed by atoms with Crippen molar-refractivity contribution in [3.8, 4) is 5.88 Å². The molecule has 1 aliphatic heterocycles. The Balaban J connectivity index is 1.79. The number of nitrogens with zero attached hydrogens (tertiary/aromatic N) is 3. The zero-order chi connectivity index (χ0) is 12.5. The van der Waals surface area contributed by atoms with E-state index in [-0.39, 0.29) is 5.88 Å². The van der Waals surface area contributed by atoms with E-state index in [4.69, 9.17) is 0 Å². The molecule has 0 saturated heterocycles. The molecular formula is C14H15N3O. The Kier molecular flexibility index (Phi) is 2.72. The molecule has 2 heterocycles. The molecule has 0 amide bonds. The predicted molar refractivity (Wildman–Crippen MR) is 67.8 cm³/mol. The first kappa shape index (κ1) is 11.2. The topological polar surface area (TPSA) is 49.3 Å². The van der Waals surface area contributed by atoms with E-state index in [1.165, 1.54) is 5.56 Å². The van der Waals surface area contributed by atoms with Crippen LogP contribution in [0.25, 0.3) is 0 Å².